The van der Waals surface area contributed by atoms with Crippen LogP contribution in [0.5, 0.6) is 5.75 Å². The molecule has 2 aromatic carbocycles. The number of benzene rings is 2. The van der Waals surface area contributed by atoms with Gasteiger partial charge in [0.1, 0.15) is 18.1 Å². The highest BCUT2D eigenvalue weighted by molar-refractivity contribution is 6.32. The number of nitrogens with one attached hydrogen (secondary N) is 1. The number of anilines is 1. The van der Waals surface area contributed by atoms with Gasteiger partial charge in [0.25, 0.3) is 11.6 Å². The van der Waals surface area contributed by atoms with Gasteiger partial charge in [0.15, 0.2) is 11.6 Å². The minimum atomic E-state index is -0.541. The first kappa shape index (κ1) is 22.1. The second-order valence-corrected chi connectivity index (χ2v) is 7.68. The highest BCUT2D eigenvalue weighted by Gasteiger charge is 2.15. The molecule has 0 aliphatic rings. The lowest BCUT2D eigenvalue weighted by Gasteiger charge is -2.06. The van der Waals surface area contributed by atoms with Crippen molar-refractivity contribution in [3.8, 4) is 5.75 Å². The van der Waals surface area contributed by atoms with Gasteiger partial charge in [-0.1, -0.05) is 41.4 Å². The van der Waals surface area contributed by atoms with Gasteiger partial charge >= 0.3 is 0 Å². The number of non-ortho nitro benzene ring substituents is 1. The molecular weight excluding hydrogens is 448 g/mol. The molecule has 0 aliphatic carbocycles. The number of hydrogen-bond acceptors (Lipinski definition) is 6. The highest BCUT2D eigenvalue weighted by atomic mass is 35.5. The molecule has 1 N–H and O–H groups in total. The number of nitro groups is 1. The van der Waals surface area contributed by atoms with Crippen molar-refractivity contribution < 1.29 is 18.9 Å². The summed E-state index contributed by atoms with van der Waals surface area (Å²) < 4.78 is 12.8. The van der Waals surface area contributed by atoms with Gasteiger partial charge in [-0.2, -0.15) is 5.10 Å². The van der Waals surface area contributed by atoms with Crippen LogP contribution in [0.4, 0.5) is 11.5 Å². The van der Waals surface area contributed by atoms with Crippen molar-refractivity contribution in [1.82, 2.24) is 9.78 Å². The smallest absolute Gasteiger partial charge is 0.292 e. The van der Waals surface area contributed by atoms with Gasteiger partial charge in [-0.25, -0.2) is 0 Å². The van der Waals surface area contributed by atoms with Gasteiger partial charge in [0.05, 0.1) is 22.6 Å². The number of halogens is 1. The van der Waals surface area contributed by atoms with Crippen LogP contribution < -0.4 is 10.1 Å². The summed E-state index contributed by atoms with van der Waals surface area (Å²) in [7, 11) is 0. The van der Waals surface area contributed by atoms with Crippen LogP contribution in [0.2, 0.25) is 5.02 Å². The number of ether oxygens (including phenoxy) is 1. The van der Waals surface area contributed by atoms with Crippen molar-refractivity contribution in [3.63, 3.8) is 0 Å². The van der Waals surface area contributed by atoms with E-state index < -0.39 is 10.8 Å². The number of aryl methyl sites for hydroxylation is 1. The zero-order chi connectivity index (χ0) is 23.4. The fourth-order valence-corrected chi connectivity index (χ4v) is 3.31. The minimum Gasteiger partial charge on any atom is -0.484 e. The molecule has 0 radical (unpaired) electrons. The average Bonchev–Trinajstić information content (AvgIpc) is 3.42. The predicted octanol–water partition coefficient (Wildman–Crippen LogP) is 5.23. The average molecular weight is 467 g/mol. The summed E-state index contributed by atoms with van der Waals surface area (Å²) in [6.45, 7) is 2.55. The Kier molecular flexibility index (Phi) is 6.41. The lowest BCUT2D eigenvalue weighted by molar-refractivity contribution is -0.384. The number of hydrogen-bond donors (Lipinski definition) is 1. The van der Waals surface area contributed by atoms with Crippen LogP contribution in [-0.4, -0.2) is 20.6 Å². The van der Waals surface area contributed by atoms with Gasteiger partial charge < -0.3 is 14.5 Å². The van der Waals surface area contributed by atoms with Gasteiger partial charge in [-0.15, -0.1) is 0 Å². The molecule has 0 saturated carbocycles. The number of rotatable bonds is 8. The van der Waals surface area contributed by atoms with Crippen molar-refractivity contribution in [2.24, 2.45) is 0 Å². The minimum absolute atomic E-state index is 0.0563. The molecule has 0 bridgehead atoms. The third-order valence-corrected chi connectivity index (χ3v) is 5.00. The quantitative estimate of drug-likeness (QED) is 0.281. The Hall–Kier alpha value is -4.11. The Morgan fingerprint density at radius 3 is 2.85 bits per heavy atom. The van der Waals surface area contributed by atoms with Crippen molar-refractivity contribution in [3.05, 3.63) is 105 Å². The van der Waals surface area contributed by atoms with E-state index in [-0.39, 0.29) is 28.8 Å². The maximum Gasteiger partial charge on any atom is 0.292 e. The Morgan fingerprint density at radius 1 is 1.21 bits per heavy atom. The van der Waals surface area contributed by atoms with E-state index in [1.165, 1.54) is 29.8 Å². The first-order chi connectivity index (χ1) is 15.9. The van der Waals surface area contributed by atoms with E-state index in [1.807, 2.05) is 25.1 Å². The van der Waals surface area contributed by atoms with Crippen LogP contribution in [0.3, 0.4) is 0 Å². The normalized spacial score (nSPS) is 10.7. The molecule has 2 aromatic heterocycles. The molecule has 0 atom stereocenters. The van der Waals surface area contributed by atoms with E-state index >= 15 is 0 Å². The molecule has 0 saturated heterocycles. The summed E-state index contributed by atoms with van der Waals surface area (Å²) in [5.74, 6) is 0.507. The van der Waals surface area contributed by atoms with Crippen LogP contribution in [0.1, 0.15) is 27.4 Å². The third kappa shape index (κ3) is 5.58. The van der Waals surface area contributed by atoms with Crippen molar-refractivity contribution in [2.75, 3.05) is 5.32 Å². The maximum absolute atomic E-state index is 12.5. The van der Waals surface area contributed by atoms with E-state index in [0.717, 1.165) is 5.56 Å². The summed E-state index contributed by atoms with van der Waals surface area (Å²) in [5, 5.41) is 18.2. The Labute approximate surface area is 193 Å². The molecule has 0 aliphatic heterocycles. The molecule has 33 heavy (non-hydrogen) atoms. The summed E-state index contributed by atoms with van der Waals surface area (Å²) in [6.07, 6.45) is 1.78. The summed E-state index contributed by atoms with van der Waals surface area (Å²) in [4.78, 5) is 22.9. The Morgan fingerprint density at radius 2 is 2.06 bits per heavy atom. The standard InChI is InChI=1S/C23H19ClN4O5/c1-15-3-2-4-16(11-15)13-27-10-9-22(26-27)25-23(29)20-8-6-18(33-20)14-32-21-12-17(28(30)31)5-7-19(21)24/h2-12H,13-14H2,1H3,(H,25,26,29). The lowest BCUT2D eigenvalue weighted by atomic mass is 10.1. The summed E-state index contributed by atoms with van der Waals surface area (Å²) >= 11 is 6.02. The summed E-state index contributed by atoms with van der Waals surface area (Å²) in [5.41, 5.74) is 2.13. The second kappa shape index (κ2) is 9.58. The Bertz CT molecular complexity index is 1310. The molecule has 0 spiro atoms. The van der Waals surface area contributed by atoms with E-state index in [1.54, 1.807) is 23.0 Å². The van der Waals surface area contributed by atoms with Crippen LogP contribution in [0.15, 0.2) is 71.3 Å². The topological polar surface area (TPSA) is 112 Å². The third-order valence-electron chi connectivity index (χ3n) is 4.69. The van der Waals surface area contributed by atoms with Crippen LogP contribution in [-0.2, 0) is 13.2 Å². The monoisotopic (exact) mass is 466 g/mol. The maximum atomic E-state index is 12.5. The van der Waals surface area contributed by atoms with E-state index in [0.29, 0.717) is 18.1 Å². The summed E-state index contributed by atoms with van der Waals surface area (Å²) in [6, 6.07) is 16.8. The molecule has 10 heteroatoms. The number of carbonyl (C=O) groups excluding carboxylic acids is 1. The predicted molar refractivity (Wildman–Crippen MR) is 122 cm³/mol. The molecule has 9 nitrogen and oxygen atoms in total. The molecule has 4 aromatic rings. The zero-order valence-corrected chi connectivity index (χ0v) is 18.3. The van der Waals surface area contributed by atoms with Gasteiger partial charge in [-0.3, -0.25) is 19.6 Å². The number of nitro benzene ring substituents is 1. The fourth-order valence-electron chi connectivity index (χ4n) is 3.13. The van der Waals surface area contributed by atoms with E-state index in [9.17, 15) is 14.9 Å². The number of furan rings is 1. The SMILES string of the molecule is Cc1cccc(Cn2ccc(NC(=O)c3ccc(COc4cc([N+](=O)[O-])ccc4Cl)o3)n2)c1. The first-order valence-corrected chi connectivity index (χ1v) is 10.3. The first-order valence-electron chi connectivity index (χ1n) is 9.93. The van der Waals surface area contributed by atoms with Crippen LogP contribution >= 0.6 is 11.6 Å². The van der Waals surface area contributed by atoms with Crippen molar-refractivity contribution >= 4 is 29.0 Å². The largest absolute Gasteiger partial charge is 0.484 e. The van der Waals surface area contributed by atoms with E-state index in [4.69, 9.17) is 20.8 Å². The number of carbonyl (C=O) groups is 1. The number of nitrogens with zero attached hydrogens (tertiary/aromatic N) is 3. The van der Waals surface area contributed by atoms with Crippen LogP contribution in [0.25, 0.3) is 0 Å². The molecule has 2 heterocycles. The Balaban J connectivity index is 1.35. The second-order valence-electron chi connectivity index (χ2n) is 7.27. The lowest BCUT2D eigenvalue weighted by Crippen LogP contribution is -2.12. The molecule has 168 valence electrons. The number of amides is 1. The molecule has 0 fully saturated rings. The molecule has 4 rings (SSSR count). The van der Waals surface area contributed by atoms with E-state index in [2.05, 4.69) is 16.5 Å². The molecule has 1 amide bonds. The van der Waals surface area contributed by atoms with Crippen LogP contribution in [0, 0.1) is 17.0 Å². The van der Waals surface area contributed by atoms with Crippen molar-refractivity contribution in [1.29, 1.82) is 0 Å². The zero-order valence-electron chi connectivity index (χ0n) is 17.5. The molecule has 0 unspecified atom stereocenters. The van der Waals surface area contributed by atoms with Gasteiger partial charge in [0, 0.05) is 18.3 Å². The molecular formula is C23H19ClN4O5. The van der Waals surface area contributed by atoms with Crippen molar-refractivity contribution in [2.45, 2.75) is 20.1 Å². The van der Waals surface area contributed by atoms with Gasteiger partial charge in [-0.05, 0) is 30.7 Å². The fraction of sp³-hybridized carbons (Fsp3) is 0.130. The highest BCUT2D eigenvalue weighted by Crippen LogP contribution is 2.29. The number of aromatic nitrogens is 2. The van der Waals surface area contributed by atoms with Gasteiger partial charge in [0.2, 0.25) is 0 Å².